The van der Waals surface area contributed by atoms with Crippen molar-refractivity contribution in [1.29, 1.82) is 0 Å². The van der Waals surface area contributed by atoms with Gasteiger partial charge in [-0.1, -0.05) is 26.7 Å². The molecule has 0 bridgehead atoms. The van der Waals surface area contributed by atoms with Crippen molar-refractivity contribution < 1.29 is 0 Å². The van der Waals surface area contributed by atoms with Crippen molar-refractivity contribution in [3.8, 4) is 0 Å². The molecule has 3 aliphatic rings. The molecule has 0 radical (unpaired) electrons. The predicted octanol–water partition coefficient (Wildman–Crippen LogP) is 3.28. The van der Waals surface area contributed by atoms with Gasteiger partial charge in [-0.2, -0.15) is 0 Å². The van der Waals surface area contributed by atoms with E-state index < -0.39 is 0 Å². The minimum absolute atomic E-state index is 0.555. The average Bonchev–Trinajstić information content (AvgIpc) is 2.89. The number of hydrogen-bond donors (Lipinski definition) is 1. The quantitative estimate of drug-likeness (QED) is 0.841. The van der Waals surface area contributed by atoms with Crippen LogP contribution in [0, 0.1) is 17.3 Å². The van der Waals surface area contributed by atoms with E-state index in [0.717, 1.165) is 17.9 Å². The van der Waals surface area contributed by atoms with E-state index in [1.165, 1.54) is 71.1 Å². The van der Waals surface area contributed by atoms with Crippen molar-refractivity contribution in [2.24, 2.45) is 17.3 Å². The highest BCUT2D eigenvalue weighted by molar-refractivity contribution is 4.96. The second kappa shape index (κ2) is 5.73. The highest BCUT2D eigenvalue weighted by atomic mass is 15.2. The van der Waals surface area contributed by atoms with E-state index in [1.807, 2.05) is 0 Å². The van der Waals surface area contributed by atoms with Gasteiger partial charge in [0.1, 0.15) is 0 Å². The van der Waals surface area contributed by atoms with E-state index in [4.69, 9.17) is 0 Å². The molecule has 2 heterocycles. The molecule has 0 aromatic heterocycles. The van der Waals surface area contributed by atoms with Gasteiger partial charge in [-0.15, -0.1) is 0 Å². The Hall–Kier alpha value is -0.0800. The zero-order chi connectivity index (χ0) is 13.3. The predicted molar refractivity (Wildman–Crippen MR) is 81.3 cm³/mol. The fourth-order valence-electron chi connectivity index (χ4n) is 4.90. The molecule has 2 heteroatoms. The van der Waals surface area contributed by atoms with E-state index in [1.54, 1.807) is 0 Å². The monoisotopic (exact) mass is 264 g/mol. The Morgan fingerprint density at radius 2 is 1.95 bits per heavy atom. The van der Waals surface area contributed by atoms with E-state index in [2.05, 4.69) is 24.1 Å². The maximum Gasteiger partial charge on any atom is 0.0124 e. The minimum atomic E-state index is 0.555. The highest BCUT2D eigenvalue weighted by Gasteiger charge is 2.42. The van der Waals surface area contributed by atoms with Gasteiger partial charge in [0.2, 0.25) is 0 Å². The summed E-state index contributed by atoms with van der Waals surface area (Å²) in [6.45, 7) is 10.1. The summed E-state index contributed by atoms with van der Waals surface area (Å²) in [4.78, 5) is 2.90. The molecular weight excluding hydrogens is 232 g/mol. The molecule has 1 aliphatic carbocycles. The Morgan fingerprint density at radius 3 is 2.68 bits per heavy atom. The van der Waals surface area contributed by atoms with E-state index in [9.17, 15) is 0 Å². The third-order valence-electron chi connectivity index (χ3n) is 6.38. The lowest BCUT2D eigenvalue weighted by atomic mass is 9.73. The molecular formula is C17H32N2. The number of piperidine rings is 1. The van der Waals surface area contributed by atoms with E-state index in [-0.39, 0.29) is 0 Å². The van der Waals surface area contributed by atoms with Gasteiger partial charge >= 0.3 is 0 Å². The van der Waals surface area contributed by atoms with E-state index in [0.29, 0.717) is 5.41 Å². The maximum absolute atomic E-state index is 3.63. The van der Waals surface area contributed by atoms with Crippen LogP contribution < -0.4 is 5.32 Å². The van der Waals surface area contributed by atoms with E-state index >= 15 is 0 Å². The zero-order valence-electron chi connectivity index (χ0n) is 13.0. The molecule has 3 rings (SSSR count). The third kappa shape index (κ3) is 2.71. The smallest absolute Gasteiger partial charge is 0.0124 e. The van der Waals surface area contributed by atoms with Gasteiger partial charge in [0.15, 0.2) is 0 Å². The molecule has 1 N–H and O–H groups in total. The van der Waals surface area contributed by atoms with Gasteiger partial charge in [-0.25, -0.2) is 0 Å². The van der Waals surface area contributed by atoms with Gasteiger partial charge in [0.25, 0.3) is 0 Å². The van der Waals surface area contributed by atoms with Crippen LogP contribution in [0.2, 0.25) is 0 Å². The lowest BCUT2D eigenvalue weighted by Crippen LogP contribution is -2.52. The summed E-state index contributed by atoms with van der Waals surface area (Å²) >= 11 is 0. The van der Waals surface area contributed by atoms with Gasteiger partial charge in [0, 0.05) is 19.1 Å². The largest absolute Gasteiger partial charge is 0.316 e. The SMILES string of the molecule is CC(C)C1(CN2CCCC3CCCCC32)CCNC1. The van der Waals surface area contributed by atoms with Crippen LogP contribution in [0.4, 0.5) is 0 Å². The molecule has 2 aliphatic heterocycles. The lowest BCUT2D eigenvalue weighted by molar-refractivity contribution is 0.0143. The first-order chi connectivity index (χ1) is 9.21. The van der Waals surface area contributed by atoms with Gasteiger partial charge in [-0.05, 0) is 62.4 Å². The Balaban J connectivity index is 1.70. The first-order valence-corrected chi connectivity index (χ1v) is 8.66. The van der Waals surface area contributed by atoms with Crippen LogP contribution in [0.1, 0.15) is 58.8 Å². The maximum atomic E-state index is 3.63. The molecule has 0 amide bonds. The standard InChI is InChI=1S/C17H32N2/c1-14(2)17(9-10-18-12-17)13-19-11-5-7-15-6-3-4-8-16(15)19/h14-16,18H,3-13H2,1-2H3. The average molecular weight is 264 g/mol. The number of nitrogens with zero attached hydrogens (tertiary/aromatic N) is 1. The van der Waals surface area contributed by atoms with Crippen LogP contribution in [0.25, 0.3) is 0 Å². The minimum Gasteiger partial charge on any atom is -0.316 e. The molecule has 0 aromatic rings. The summed E-state index contributed by atoms with van der Waals surface area (Å²) in [6, 6.07) is 0.929. The van der Waals surface area contributed by atoms with Gasteiger partial charge in [0.05, 0.1) is 0 Å². The van der Waals surface area contributed by atoms with Crippen LogP contribution in [0.15, 0.2) is 0 Å². The van der Waals surface area contributed by atoms with Crippen molar-refractivity contribution in [2.75, 3.05) is 26.2 Å². The third-order valence-corrected chi connectivity index (χ3v) is 6.38. The van der Waals surface area contributed by atoms with Crippen LogP contribution in [0.5, 0.6) is 0 Å². The summed E-state index contributed by atoms with van der Waals surface area (Å²) in [6.07, 6.45) is 10.3. The van der Waals surface area contributed by atoms with Crippen molar-refractivity contribution in [3.63, 3.8) is 0 Å². The molecule has 19 heavy (non-hydrogen) atoms. The summed E-state index contributed by atoms with van der Waals surface area (Å²) in [5, 5.41) is 3.63. The van der Waals surface area contributed by atoms with Crippen molar-refractivity contribution >= 4 is 0 Å². The van der Waals surface area contributed by atoms with Gasteiger partial charge in [-0.3, -0.25) is 4.90 Å². The molecule has 1 saturated carbocycles. The summed E-state index contributed by atoms with van der Waals surface area (Å²) in [5.41, 5.74) is 0.555. The topological polar surface area (TPSA) is 15.3 Å². The molecule has 2 saturated heterocycles. The van der Waals surface area contributed by atoms with Crippen molar-refractivity contribution in [3.05, 3.63) is 0 Å². The molecule has 110 valence electrons. The second-order valence-electron chi connectivity index (χ2n) is 7.67. The first kappa shape index (κ1) is 13.9. The number of nitrogens with one attached hydrogen (secondary N) is 1. The molecule has 2 nitrogen and oxygen atoms in total. The first-order valence-electron chi connectivity index (χ1n) is 8.66. The summed E-state index contributed by atoms with van der Waals surface area (Å²) in [7, 11) is 0. The van der Waals surface area contributed by atoms with Crippen LogP contribution >= 0.6 is 0 Å². The van der Waals surface area contributed by atoms with Gasteiger partial charge < -0.3 is 5.32 Å². The fraction of sp³-hybridized carbons (Fsp3) is 1.00. The Kier molecular flexibility index (Phi) is 4.19. The molecule has 3 atom stereocenters. The molecule has 0 aromatic carbocycles. The highest BCUT2D eigenvalue weighted by Crippen LogP contribution is 2.40. The zero-order valence-corrected chi connectivity index (χ0v) is 13.0. The number of hydrogen-bond acceptors (Lipinski definition) is 2. The van der Waals surface area contributed by atoms with Crippen molar-refractivity contribution in [1.82, 2.24) is 10.2 Å². The number of fused-ring (bicyclic) bond motifs is 1. The molecule has 0 spiro atoms. The lowest BCUT2D eigenvalue weighted by Gasteiger charge is -2.48. The molecule has 3 fully saturated rings. The van der Waals surface area contributed by atoms with Crippen LogP contribution in [0.3, 0.4) is 0 Å². The Labute approximate surface area is 119 Å². The summed E-state index contributed by atoms with van der Waals surface area (Å²) in [5.74, 6) is 1.84. The van der Waals surface area contributed by atoms with Crippen LogP contribution in [-0.2, 0) is 0 Å². The van der Waals surface area contributed by atoms with Crippen LogP contribution in [-0.4, -0.2) is 37.1 Å². The molecule has 3 unspecified atom stereocenters. The number of likely N-dealkylation sites (tertiary alicyclic amines) is 1. The fourth-order valence-corrected chi connectivity index (χ4v) is 4.90. The van der Waals surface area contributed by atoms with Crippen molar-refractivity contribution in [2.45, 2.75) is 64.8 Å². The normalized spacial score (nSPS) is 40.6. The summed E-state index contributed by atoms with van der Waals surface area (Å²) < 4.78 is 0. The Morgan fingerprint density at radius 1 is 1.16 bits per heavy atom. The second-order valence-corrected chi connectivity index (χ2v) is 7.67. The Bertz CT molecular complexity index is 292. The number of rotatable bonds is 3.